The number of carbonyl (C=O) groups is 1. The van der Waals surface area contributed by atoms with Gasteiger partial charge in [0, 0.05) is 6.21 Å². The number of carboxylic acid groups (broad SMARTS) is 1. The Bertz CT molecular complexity index is 794. The number of aliphatic imine (C=N–C) groups is 1. The number of para-hydroxylation sites is 2. The summed E-state index contributed by atoms with van der Waals surface area (Å²) in [7, 11) is 0. The molecule has 0 fully saturated rings. The van der Waals surface area contributed by atoms with E-state index in [1.54, 1.807) is 12.3 Å². The third kappa shape index (κ3) is 3.21. The van der Waals surface area contributed by atoms with E-state index < -0.39 is 5.97 Å². The molecule has 0 saturated heterocycles. The standard InChI is InChI=1S/C16H12N2O2.Cu/c19-16(20)14-9-11-5-4-6-12(15(11)18-14)10-17-13-7-2-1-3-8-13;/h1-10H,(H2,17,18,19,20);/q;+1/p-1. The molecule has 108 valence electrons. The third-order valence-electron chi connectivity index (χ3n) is 2.95. The molecule has 1 N–H and O–H groups in total. The van der Waals surface area contributed by atoms with E-state index in [9.17, 15) is 4.79 Å². The van der Waals surface area contributed by atoms with Crippen molar-refractivity contribution >= 4 is 28.8 Å². The summed E-state index contributed by atoms with van der Waals surface area (Å²) in [5.74, 6) is -1.02. The Morgan fingerprint density at radius 3 is 2.57 bits per heavy atom. The normalized spacial score (nSPS) is 10.7. The maximum Gasteiger partial charge on any atom is 1.00 e. The molecule has 0 bridgehead atoms. The second kappa shape index (κ2) is 6.39. The van der Waals surface area contributed by atoms with Crippen molar-refractivity contribution in [3.63, 3.8) is 0 Å². The first-order chi connectivity index (χ1) is 9.74. The van der Waals surface area contributed by atoms with Gasteiger partial charge in [-0.25, -0.2) is 4.79 Å². The summed E-state index contributed by atoms with van der Waals surface area (Å²) in [5, 5.41) is 9.79. The number of fused-ring (bicyclic) bond motifs is 1. The predicted molar refractivity (Wildman–Crippen MR) is 77.9 cm³/mol. The molecule has 0 amide bonds. The molecule has 0 unspecified atom stereocenters. The van der Waals surface area contributed by atoms with Crippen molar-refractivity contribution in [2.75, 3.05) is 0 Å². The van der Waals surface area contributed by atoms with Gasteiger partial charge in [0.25, 0.3) is 0 Å². The van der Waals surface area contributed by atoms with Crippen LogP contribution in [0.25, 0.3) is 10.9 Å². The van der Waals surface area contributed by atoms with Crippen LogP contribution in [-0.2, 0) is 17.1 Å². The van der Waals surface area contributed by atoms with Crippen LogP contribution in [0.4, 0.5) is 5.69 Å². The van der Waals surface area contributed by atoms with E-state index in [0.29, 0.717) is 5.52 Å². The van der Waals surface area contributed by atoms with Crippen LogP contribution in [0.15, 0.2) is 59.6 Å². The zero-order chi connectivity index (χ0) is 13.9. The molecule has 1 aromatic heterocycles. The Morgan fingerprint density at radius 1 is 1.10 bits per heavy atom. The predicted octanol–water partition coefficient (Wildman–Crippen LogP) is 3.24. The summed E-state index contributed by atoms with van der Waals surface area (Å²) < 4.78 is 0. The largest absolute Gasteiger partial charge is 1.00 e. The van der Waals surface area contributed by atoms with Crippen molar-refractivity contribution in [3.8, 4) is 0 Å². The zero-order valence-electron chi connectivity index (χ0n) is 10.8. The SMILES string of the molecule is O=C(O)c1cc2cccc(C=Nc3ccccc3)c2[n-]1.[Cu+]. The molecule has 0 aliphatic rings. The molecular weight excluding hydrogens is 316 g/mol. The molecule has 0 saturated carbocycles. The molecule has 5 heteroatoms. The average Bonchev–Trinajstić information content (AvgIpc) is 2.91. The van der Waals surface area contributed by atoms with E-state index in [1.807, 2.05) is 48.5 Å². The fraction of sp³-hybridized carbons (Fsp3) is 0. The van der Waals surface area contributed by atoms with E-state index in [0.717, 1.165) is 16.6 Å². The first-order valence-electron chi connectivity index (χ1n) is 6.13. The number of aromatic carboxylic acids is 1. The van der Waals surface area contributed by atoms with Crippen molar-refractivity contribution in [1.29, 1.82) is 0 Å². The minimum atomic E-state index is -1.02. The van der Waals surface area contributed by atoms with Gasteiger partial charge in [-0.1, -0.05) is 42.5 Å². The topological polar surface area (TPSA) is 63.8 Å². The van der Waals surface area contributed by atoms with Gasteiger partial charge in [0.2, 0.25) is 0 Å². The van der Waals surface area contributed by atoms with E-state index >= 15 is 0 Å². The van der Waals surface area contributed by atoms with Gasteiger partial charge in [0.1, 0.15) is 0 Å². The summed E-state index contributed by atoms with van der Waals surface area (Å²) in [4.78, 5) is 19.5. The third-order valence-corrected chi connectivity index (χ3v) is 2.95. The van der Waals surface area contributed by atoms with Crippen LogP contribution in [0.1, 0.15) is 16.1 Å². The molecule has 4 nitrogen and oxygen atoms in total. The van der Waals surface area contributed by atoms with Gasteiger partial charge in [0.15, 0.2) is 0 Å². The van der Waals surface area contributed by atoms with Crippen LogP contribution < -0.4 is 4.98 Å². The van der Waals surface area contributed by atoms with Crippen molar-refractivity contribution in [3.05, 3.63) is 65.9 Å². The number of nitrogens with zero attached hydrogens (tertiary/aromatic N) is 2. The Hall–Kier alpha value is -2.36. The van der Waals surface area contributed by atoms with Crippen molar-refractivity contribution in [1.82, 2.24) is 4.98 Å². The van der Waals surface area contributed by atoms with E-state index in [2.05, 4.69) is 9.98 Å². The van der Waals surface area contributed by atoms with Gasteiger partial charge in [-0.2, -0.15) is 0 Å². The summed E-state index contributed by atoms with van der Waals surface area (Å²) in [6, 6.07) is 16.7. The van der Waals surface area contributed by atoms with Crippen LogP contribution in [0.3, 0.4) is 0 Å². The zero-order valence-corrected chi connectivity index (χ0v) is 11.8. The summed E-state index contributed by atoms with van der Waals surface area (Å²) in [6.45, 7) is 0. The van der Waals surface area contributed by atoms with Gasteiger partial charge in [-0.05, 0) is 28.8 Å². The maximum atomic E-state index is 11.0. The van der Waals surface area contributed by atoms with Gasteiger partial charge in [-0.15, -0.1) is 5.52 Å². The minimum absolute atomic E-state index is 0. The fourth-order valence-corrected chi connectivity index (χ4v) is 2.00. The monoisotopic (exact) mass is 326 g/mol. The number of hydrogen-bond acceptors (Lipinski definition) is 2. The summed E-state index contributed by atoms with van der Waals surface area (Å²) in [6.07, 6.45) is 1.70. The van der Waals surface area contributed by atoms with Crippen LogP contribution >= 0.6 is 0 Å². The number of benzene rings is 2. The van der Waals surface area contributed by atoms with Gasteiger partial charge < -0.3 is 10.1 Å². The molecular formula is C16H11CuN2O2. The number of hydrogen-bond donors (Lipinski definition) is 1. The van der Waals surface area contributed by atoms with E-state index in [4.69, 9.17) is 5.11 Å². The molecule has 21 heavy (non-hydrogen) atoms. The Balaban J connectivity index is 0.00000161. The Labute approximate surface area is 132 Å². The molecule has 0 radical (unpaired) electrons. The maximum absolute atomic E-state index is 11.0. The number of aromatic nitrogens is 1. The molecule has 3 aromatic rings. The molecule has 0 spiro atoms. The molecule has 1 heterocycles. The van der Waals surface area contributed by atoms with Crippen molar-refractivity contribution in [2.45, 2.75) is 0 Å². The average molecular weight is 327 g/mol. The first-order valence-corrected chi connectivity index (χ1v) is 6.13. The van der Waals surface area contributed by atoms with E-state index in [1.165, 1.54) is 0 Å². The van der Waals surface area contributed by atoms with Crippen LogP contribution in [0.2, 0.25) is 0 Å². The molecule has 0 aliphatic carbocycles. The molecule has 3 rings (SSSR count). The second-order valence-electron chi connectivity index (χ2n) is 4.33. The summed E-state index contributed by atoms with van der Waals surface area (Å²) in [5.41, 5.74) is 2.36. The van der Waals surface area contributed by atoms with Gasteiger partial charge in [0.05, 0.1) is 5.69 Å². The minimum Gasteiger partial charge on any atom is -0.651 e. The smallest absolute Gasteiger partial charge is 0.651 e. The summed E-state index contributed by atoms with van der Waals surface area (Å²) >= 11 is 0. The van der Waals surface area contributed by atoms with Crippen LogP contribution in [-0.4, -0.2) is 17.3 Å². The Kier molecular flexibility index (Phi) is 4.58. The number of rotatable bonds is 3. The number of carboxylic acids is 1. The van der Waals surface area contributed by atoms with Crippen molar-refractivity contribution < 1.29 is 27.0 Å². The van der Waals surface area contributed by atoms with Crippen LogP contribution in [0, 0.1) is 0 Å². The second-order valence-corrected chi connectivity index (χ2v) is 4.33. The molecule has 0 atom stereocenters. The quantitative estimate of drug-likeness (QED) is 0.593. The van der Waals surface area contributed by atoms with E-state index in [-0.39, 0.29) is 22.8 Å². The molecule has 0 aliphatic heterocycles. The van der Waals surface area contributed by atoms with Crippen molar-refractivity contribution in [2.24, 2.45) is 4.99 Å². The van der Waals surface area contributed by atoms with Crippen LogP contribution in [0.5, 0.6) is 0 Å². The fourth-order valence-electron chi connectivity index (χ4n) is 2.00. The van der Waals surface area contributed by atoms with Gasteiger partial charge >= 0.3 is 23.0 Å². The first kappa shape index (κ1) is 15.0. The van der Waals surface area contributed by atoms with Gasteiger partial charge in [-0.3, -0.25) is 4.99 Å². The molecule has 2 aromatic carbocycles. The Morgan fingerprint density at radius 2 is 1.86 bits per heavy atom.